The van der Waals surface area contributed by atoms with Gasteiger partial charge >= 0.3 is 0 Å². The van der Waals surface area contributed by atoms with Crippen LogP contribution in [0, 0.1) is 0 Å². The van der Waals surface area contributed by atoms with Crippen LogP contribution in [0.3, 0.4) is 0 Å². The van der Waals surface area contributed by atoms with Crippen molar-refractivity contribution in [2.24, 2.45) is 7.05 Å². The summed E-state index contributed by atoms with van der Waals surface area (Å²) in [5, 5.41) is 12.5. The van der Waals surface area contributed by atoms with Gasteiger partial charge in [0.05, 0.1) is 11.4 Å². The van der Waals surface area contributed by atoms with Crippen molar-refractivity contribution in [3.63, 3.8) is 0 Å². The first-order valence-corrected chi connectivity index (χ1v) is 7.16. The fraction of sp³-hybridized carbons (Fsp3) is 0.312. The van der Waals surface area contributed by atoms with Crippen molar-refractivity contribution in [1.82, 2.24) is 20.1 Å². The minimum absolute atomic E-state index is 0.436. The Kier molecular flexibility index (Phi) is 2.63. The third-order valence-corrected chi connectivity index (χ3v) is 4.21. The molecule has 1 atom stereocenters. The molecule has 1 saturated heterocycles. The lowest BCUT2D eigenvalue weighted by atomic mass is 10.1. The lowest BCUT2D eigenvalue weighted by Crippen LogP contribution is -2.12. The summed E-state index contributed by atoms with van der Waals surface area (Å²) < 4.78 is 2.16. The highest BCUT2D eigenvalue weighted by molar-refractivity contribution is 5.95. The summed E-state index contributed by atoms with van der Waals surface area (Å²) in [6.07, 6.45) is 4.59. The quantitative estimate of drug-likeness (QED) is 0.749. The van der Waals surface area contributed by atoms with Crippen LogP contribution in [0.2, 0.25) is 0 Å². The minimum Gasteiger partial charge on any atom is -0.350 e. The predicted molar refractivity (Wildman–Crippen MR) is 80.5 cm³/mol. The zero-order valence-corrected chi connectivity index (χ0v) is 11.6. The molecule has 20 heavy (non-hydrogen) atoms. The van der Waals surface area contributed by atoms with Crippen molar-refractivity contribution in [2.45, 2.75) is 18.9 Å². The molecule has 0 spiro atoms. The van der Waals surface area contributed by atoms with Crippen molar-refractivity contribution in [2.75, 3.05) is 6.54 Å². The monoisotopic (exact) mass is 266 g/mol. The van der Waals surface area contributed by atoms with Gasteiger partial charge in [-0.15, -0.1) is 0 Å². The van der Waals surface area contributed by atoms with Crippen molar-refractivity contribution in [3.05, 3.63) is 42.2 Å². The van der Waals surface area contributed by atoms with Crippen LogP contribution in [-0.2, 0) is 7.05 Å². The second-order valence-electron chi connectivity index (χ2n) is 5.53. The van der Waals surface area contributed by atoms with Gasteiger partial charge in [0, 0.05) is 35.8 Å². The van der Waals surface area contributed by atoms with Crippen LogP contribution >= 0.6 is 0 Å². The highest BCUT2D eigenvalue weighted by atomic mass is 15.1. The zero-order chi connectivity index (χ0) is 13.5. The van der Waals surface area contributed by atoms with Gasteiger partial charge in [-0.3, -0.25) is 5.10 Å². The van der Waals surface area contributed by atoms with E-state index in [1.54, 1.807) is 0 Å². The molecule has 1 aliphatic rings. The Morgan fingerprint density at radius 2 is 2.20 bits per heavy atom. The summed E-state index contributed by atoms with van der Waals surface area (Å²) in [6.45, 7) is 1.10. The number of nitrogens with one attached hydrogen (secondary N) is 2. The van der Waals surface area contributed by atoms with Crippen molar-refractivity contribution < 1.29 is 0 Å². The maximum Gasteiger partial charge on any atom is 0.0945 e. The molecule has 0 amide bonds. The van der Waals surface area contributed by atoms with Crippen molar-refractivity contribution in [1.29, 1.82) is 0 Å². The number of rotatable bonds is 2. The van der Waals surface area contributed by atoms with E-state index in [4.69, 9.17) is 0 Å². The Bertz CT molecular complexity index is 747. The van der Waals surface area contributed by atoms with Gasteiger partial charge < -0.3 is 9.88 Å². The molecule has 1 aliphatic heterocycles. The maximum absolute atomic E-state index is 4.52. The third-order valence-electron chi connectivity index (χ3n) is 4.21. The molecular weight excluding hydrogens is 248 g/mol. The highest BCUT2D eigenvalue weighted by Crippen LogP contribution is 2.31. The van der Waals surface area contributed by atoms with Crippen LogP contribution in [0.4, 0.5) is 0 Å². The number of nitrogens with zero attached hydrogens (tertiary/aromatic N) is 2. The molecule has 0 bridgehead atoms. The first kappa shape index (κ1) is 11.7. The number of hydrogen-bond acceptors (Lipinski definition) is 2. The number of H-pyrrole nitrogens is 1. The lowest BCUT2D eigenvalue weighted by Gasteiger charge is -2.05. The van der Waals surface area contributed by atoms with E-state index in [0.717, 1.165) is 12.2 Å². The summed E-state index contributed by atoms with van der Waals surface area (Å²) in [5.41, 5.74) is 4.67. The number of fused-ring (bicyclic) bond motifs is 1. The molecular formula is C16H18N4. The lowest BCUT2D eigenvalue weighted by molar-refractivity contribution is 0.625. The van der Waals surface area contributed by atoms with E-state index in [0.29, 0.717) is 6.04 Å². The number of aromatic amines is 1. The summed E-state index contributed by atoms with van der Waals surface area (Å²) in [6, 6.07) is 11.1. The number of hydrogen-bond donors (Lipinski definition) is 2. The Balaban J connectivity index is 1.79. The standard InChI is InChI=1S/C16H18N4/c1-20-10-12(11-5-2-3-7-16(11)20)14-9-15(19-18-14)13-6-4-8-17-13/h2-3,5,7,9-10,13,17H,4,6,8H2,1H3,(H,18,19). The number of para-hydroxylation sites is 1. The fourth-order valence-electron chi connectivity index (χ4n) is 3.15. The zero-order valence-electron chi connectivity index (χ0n) is 11.6. The largest absolute Gasteiger partial charge is 0.350 e. The Morgan fingerprint density at radius 3 is 3.05 bits per heavy atom. The molecule has 1 aromatic carbocycles. The van der Waals surface area contributed by atoms with E-state index < -0.39 is 0 Å². The van der Waals surface area contributed by atoms with E-state index in [1.807, 2.05) is 0 Å². The number of aromatic nitrogens is 3. The second-order valence-corrected chi connectivity index (χ2v) is 5.53. The average Bonchev–Trinajstić information content (AvgIpc) is 3.17. The molecule has 4 heteroatoms. The van der Waals surface area contributed by atoms with Crippen molar-refractivity contribution in [3.8, 4) is 11.3 Å². The Hall–Kier alpha value is -2.07. The van der Waals surface area contributed by atoms with Crippen LogP contribution in [0.1, 0.15) is 24.6 Å². The maximum atomic E-state index is 4.52. The van der Waals surface area contributed by atoms with Crippen molar-refractivity contribution >= 4 is 10.9 Å². The van der Waals surface area contributed by atoms with E-state index in [-0.39, 0.29) is 0 Å². The molecule has 0 radical (unpaired) electrons. The van der Waals surface area contributed by atoms with Gasteiger partial charge in [0.2, 0.25) is 0 Å². The Morgan fingerprint density at radius 1 is 1.30 bits per heavy atom. The summed E-state index contributed by atoms with van der Waals surface area (Å²) in [5.74, 6) is 0. The molecule has 2 aromatic heterocycles. The summed E-state index contributed by atoms with van der Waals surface area (Å²) in [7, 11) is 2.08. The van der Waals surface area contributed by atoms with Gasteiger partial charge in [-0.25, -0.2) is 0 Å². The third kappa shape index (κ3) is 1.76. The fourth-order valence-corrected chi connectivity index (χ4v) is 3.15. The molecule has 1 unspecified atom stereocenters. The van der Waals surface area contributed by atoms with E-state index >= 15 is 0 Å². The van der Waals surface area contributed by atoms with Gasteiger partial charge in [0.1, 0.15) is 0 Å². The topological polar surface area (TPSA) is 45.6 Å². The van der Waals surface area contributed by atoms with Gasteiger partial charge in [0.15, 0.2) is 0 Å². The molecule has 1 fully saturated rings. The van der Waals surface area contributed by atoms with Crippen LogP contribution < -0.4 is 5.32 Å². The molecule has 4 rings (SSSR count). The normalized spacial score (nSPS) is 18.9. The molecule has 4 nitrogen and oxygen atoms in total. The average molecular weight is 266 g/mol. The minimum atomic E-state index is 0.436. The Labute approximate surface area is 117 Å². The van der Waals surface area contributed by atoms with Gasteiger partial charge in [-0.2, -0.15) is 5.10 Å². The SMILES string of the molecule is Cn1cc(-c2cc(C3CCCN3)[nH]n2)c2ccccc21. The van der Waals surface area contributed by atoms with Crippen LogP contribution in [-0.4, -0.2) is 21.3 Å². The van der Waals surface area contributed by atoms with E-state index in [9.17, 15) is 0 Å². The van der Waals surface area contributed by atoms with Crippen LogP contribution in [0.15, 0.2) is 36.5 Å². The molecule has 3 aromatic rings. The molecule has 0 saturated carbocycles. The van der Waals surface area contributed by atoms with Crippen LogP contribution in [0.5, 0.6) is 0 Å². The van der Waals surface area contributed by atoms with Crippen LogP contribution in [0.25, 0.3) is 22.2 Å². The van der Waals surface area contributed by atoms with Gasteiger partial charge in [-0.05, 0) is 31.5 Å². The van der Waals surface area contributed by atoms with E-state index in [2.05, 4.69) is 63.7 Å². The first-order chi connectivity index (χ1) is 9.83. The summed E-state index contributed by atoms with van der Waals surface area (Å²) >= 11 is 0. The summed E-state index contributed by atoms with van der Waals surface area (Å²) in [4.78, 5) is 0. The van der Waals surface area contributed by atoms with Gasteiger partial charge in [0.25, 0.3) is 0 Å². The molecule has 3 heterocycles. The van der Waals surface area contributed by atoms with E-state index in [1.165, 1.54) is 35.0 Å². The number of benzene rings is 1. The molecule has 0 aliphatic carbocycles. The first-order valence-electron chi connectivity index (χ1n) is 7.16. The highest BCUT2D eigenvalue weighted by Gasteiger charge is 2.19. The second kappa shape index (κ2) is 4.49. The van der Waals surface area contributed by atoms with Gasteiger partial charge in [-0.1, -0.05) is 18.2 Å². The molecule has 2 N–H and O–H groups in total. The number of aryl methyl sites for hydroxylation is 1. The smallest absolute Gasteiger partial charge is 0.0945 e. The predicted octanol–water partition coefficient (Wildman–Crippen LogP) is 2.99. The molecule has 102 valence electrons.